The molecule has 0 amide bonds. The van der Waals surface area contributed by atoms with E-state index in [1.165, 1.54) is 16.1 Å². The van der Waals surface area contributed by atoms with Crippen molar-refractivity contribution in [2.24, 2.45) is 0 Å². The molecule has 2 N–H and O–H groups in total. The van der Waals surface area contributed by atoms with Crippen LogP contribution in [0, 0.1) is 13.8 Å². The molecule has 6 heteroatoms. The summed E-state index contributed by atoms with van der Waals surface area (Å²) in [6.07, 6.45) is 0. The normalized spacial score (nSPS) is 11.0. The Bertz CT molecular complexity index is 1130. The molecule has 2 aromatic heterocycles. The highest BCUT2D eigenvalue weighted by atomic mass is 16.1. The maximum Gasteiger partial charge on any atom is 0.274 e. The van der Waals surface area contributed by atoms with Gasteiger partial charge < -0.3 is 5.32 Å². The lowest BCUT2D eigenvalue weighted by Gasteiger charge is -2.09. The zero-order valence-electron chi connectivity index (χ0n) is 14.7. The first-order valence-corrected chi connectivity index (χ1v) is 8.45. The van der Waals surface area contributed by atoms with Gasteiger partial charge in [-0.2, -0.15) is 9.50 Å². The summed E-state index contributed by atoms with van der Waals surface area (Å²) in [4.78, 5) is 21.4. The maximum absolute atomic E-state index is 12.4. The van der Waals surface area contributed by atoms with Crippen molar-refractivity contribution < 1.29 is 0 Å². The van der Waals surface area contributed by atoms with Crippen molar-refractivity contribution in [1.82, 2.24) is 19.6 Å². The summed E-state index contributed by atoms with van der Waals surface area (Å²) in [6.45, 7) is 4.58. The van der Waals surface area contributed by atoms with Crippen LogP contribution >= 0.6 is 0 Å². The van der Waals surface area contributed by atoms with Crippen molar-refractivity contribution in [2.75, 3.05) is 5.32 Å². The van der Waals surface area contributed by atoms with Gasteiger partial charge in [0.05, 0.1) is 12.2 Å². The van der Waals surface area contributed by atoms with Crippen molar-refractivity contribution in [3.63, 3.8) is 0 Å². The monoisotopic (exact) mass is 345 g/mol. The Kier molecular flexibility index (Phi) is 4.01. The minimum Gasteiger partial charge on any atom is -0.379 e. The molecule has 0 unspecified atom stereocenters. The van der Waals surface area contributed by atoms with E-state index < -0.39 is 0 Å². The van der Waals surface area contributed by atoms with Crippen LogP contribution in [0.4, 0.5) is 5.69 Å². The molecule has 0 aliphatic heterocycles. The van der Waals surface area contributed by atoms with Gasteiger partial charge in [0.2, 0.25) is 0 Å². The molecule has 0 atom stereocenters. The highest BCUT2D eigenvalue weighted by Crippen LogP contribution is 2.17. The van der Waals surface area contributed by atoms with Crippen LogP contribution in [0.15, 0.2) is 59.4 Å². The Morgan fingerprint density at radius 1 is 1.04 bits per heavy atom. The molecule has 26 heavy (non-hydrogen) atoms. The van der Waals surface area contributed by atoms with E-state index in [4.69, 9.17) is 0 Å². The summed E-state index contributed by atoms with van der Waals surface area (Å²) in [7, 11) is 0. The van der Waals surface area contributed by atoms with Crippen molar-refractivity contribution in [1.29, 1.82) is 0 Å². The largest absolute Gasteiger partial charge is 0.379 e. The minimum atomic E-state index is -0.179. The molecule has 0 fully saturated rings. The molecule has 0 radical (unpaired) electrons. The third kappa shape index (κ3) is 3.09. The van der Waals surface area contributed by atoms with Crippen molar-refractivity contribution in [2.45, 2.75) is 20.4 Å². The van der Waals surface area contributed by atoms with Gasteiger partial charge in [0.15, 0.2) is 5.82 Å². The molecular weight excluding hydrogens is 326 g/mol. The number of nitrogens with one attached hydrogen (secondary N) is 2. The fourth-order valence-corrected chi connectivity index (χ4v) is 2.94. The zero-order chi connectivity index (χ0) is 18.1. The van der Waals surface area contributed by atoms with Crippen molar-refractivity contribution in [3.8, 4) is 11.4 Å². The lowest BCUT2D eigenvalue weighted by molar-refractivity contribution is 0.878. The second kappa shape index (κ2) is 6.48. The predicted molar refractivity (Wildman–Crippen MR) is 102 cm³/mol. The third-order valence-electron chi connectivity index (χ3n) is 4.27. The van der Waals surface area contributed by atoms with Gasteiger partial charge in [0, 0.05) is 17.3 Å². The molecule has 4 rings (SSSR count). The standard InChI is InChI=1S/C20H19N5O/c1-13-8-9-17(14(2)10-13)21-12-16-11-18(26)25-20(22-16)23-19(24-25)15-6-4-3-5-7-15/h3-11,21H,12H2,1-2H3,(H,22,23,24). The molecule has 0 saturated heterocycles. The summed E-state index contributed by atoms with van der Waals surface area (Å²) in [5, 5.41) is 6.34. The third-order valence-corrected chi connectivity index (χ3v) is 4.27. The average Bonchev–Trinajstić information content (AvgIpc) is 3.07. The SMILES string of the molecule is Cc1ccc(NCc2cc(=O)n3[nH]c(-c4ccccc4)nc3n2)c(C)c1. The average molecular weight is 345 g/mol. The summed E-state index contributed by atoms with van der Waals surface area (Å²) in [5.74, 6) is 0.989. The number of fused-ring (bicyclic) bond motifs is 1. The fraction of sp³-hybridized carbons (Fsp3) is 0.150. The fourth-order valence-electron chi connectivity index (χ4n) is 2.94. The van der Waals surface area contributed by atoms with E-state index in [9.17, 15) is 4.79 Å². The van der Waals surface area contributed by atoms with E-state index in [1.807, 2.05) is 36.4 Å². The molecule has 2 aromatic carbocycles. The van der Waals surface area contributed by atoms with E-state index in [0.29, 0.717) is 23.8 Å². The van der Waals surface area contributed by atoms with Gasteiger partial charge >= 0.3 is 0 Å². The number of aromatic amines is 1. The van der Waals surface area contributed by atoms with Gasteiger partial charge in [0.25, 0.3) is 11.3 Å². The van der Waals surface area contributed by atoms with E-state index in [2.05, 4.69) is 46.4 Å². The van der Waals surface area contributed by atoms with Crippen molar-refractivity contribution in [3.05, 3.63) is 81.8 Å². The van der Waals surface area contributed by atoms with E-state index in [-0.39, 0.29) is 5.56 Å². The summed E-state index contributed by atoms with van der Waals surface area (Å²) in [5.41, 5.74) is 4.80. The van der Waals surface area contributed by atoms with Crippen LogP contribution in [0.2, 0.25) is 0 Å². The lowest BCUT2D eigenvalue weighted by atomic mass is 10.1. The van der Waals surface area contributed by atoms with E-state index >= 15 is 0 Å². The number of rotatable bonds is 4. The highest BCUT2D eigenvalue weighted by Gasteiger charge is 2.09. The molecule has 2 heterocycles. The molecule has 0 aliphatic carbocycles. The molecule has 0 spiro atoms. The maximum atomic E-state index is 12.4. The Balaban J connectivity index is 1.63. The van der Waals surface area contributed by atoms with Crippen LogP contribution < -0.4 is 10.9 Å². The molecule has 0 bridgehead atoms. The van der Waals surface area contributed by atoms with Gasteiger partial charge in [-0.3, -0.25) is 9.89 Å². The van der Waals surface area contributed by atoms with Gasteiger partial charge in [-0.1, -0.05) is 48.0 Å². The number of nitrogens with zero attached hydrogens (tertiary/aromatic N) is 3. The molecule has 4 aromatic rings. The lowest BCUT2D eigenvalue weighted by Crippen LogP contribution is -2.17. The summed E-state index contributed by atoms with van der Waals surface area (Å²) >= 11 is 0. The Labute approximate surface area is 150 Å². The van der Waals surface area contributed by atoms with Gasteiger partial charge in [-0.15, -0.1) is 0 Å². The molecule has 130 valence electrons. The summed E-state index contributed by atoms with van der Waals surface area (Å²) in [6, 6.07) is 17.4. The van der Waals surface area contributed by atoms with Crippen LogP contribution in [0.1, 0.15) is 16.8 Å². The number of H-pyrrole nitrogens is 1. The second-order valence-corrected chi connectivity index (χ2v) is 6.33. The van der Waals surface area contributed by atoms with Crippen LogP contribution in [0.5, 0.6) is 0 Å². The number of aryl methyl sites for hydroxylation is 2. The number of hydrogen-bond donors (Lipinski definition) is 2. The van der Waals surface area contributed by atoms with Crippen LogP contribution in [-0.4, -0.2) is 19.6 Å². The van der Waals surface area contributed by atoms with Gasteiger partial charge in [-0.05, 0) is 25.5 Å². The Morgan fingerprint density at radius 3 is 2.62 bits per heavy atom. The topological polar surface area (TPSA) is 75.1 Å². The number of aromatic nitrogens is 4. The van der Waals surface area contributed by atoms with Gasteiger partial charge in [-0.25, -0.2) is 4.98 Å². The van der Waals surface area contributed by atoms with Crippen LogP contribution in [-0.2, 0) is 6.54 Å². The molecule has 0 saturated carbocycles. The second-order valence-electron chi connectivity index (χ2n) is 6.33. The highest BCUT2D eigenvalue weighted by molar-refractivity contribution is 5.56. The molecule has 0 aliphatic rings. The first-order chi connectivity index (χ1) is 12.6. The first-order valence-electron chi connectivity index (χ1n) is 8.45. The van der Waals surface area contributed by atoms with Crippen LogP contribution in [0.25, 0.3) is 17.2 Å². The van der Waals surface area contributed by atoms with Crippen LogP contribution in [0.3, 0.4) is 0 Å². The van der Waals surface area contributed by atoms with Gasteiger partial charge in [0.1, 0.15) is 0 Å². The zero-order valence-corrected chi connectivity index (χ0v) is 14.7. The Morgan fingerprint density at radius 2 is 1.85 bits per heavy atom. The summed E-state index contributed by atoms with van der Waals surface area (Å²) < 4.78 is 1.36. The smallest absolute Gasteiger partial charge is 0.274 e. The number of benzene rings is 2. The number of anilines is 1. The molecule has 6 nitrogen and oxygen atoms in total. The first kappa shape index (κ1) is 16.1. The quantitative estimate of drug-likeness (QED) is 0.595. The van der Waals surface area contributed by atoms with E-state index in [0.717, 1.165) is 16.8 Å². The number of hydrogen-bond acceptors (Lipinski definition) is 4. The Hall–Kier alpha value is -3.41. The van der Waals surface area contributed by atoms with E-state index in [1.54, 1.807) is 0 Å². The minimum absolute atomic E-state index is 0.179. The van der Waals surface area contributed by atoms with Crippen molar-refractivity contribution >= 4 is 11.5 Å². The predicted octanol–water partition coefficient (Wildman–Crippen LogP) is 3.31. The molecular formula is C20H19N5O.